The third-order valence-corrected chi connectivity index (χ3v) is 2.77. The number of rotatable bonds is 6. The number of esters is 1. The number of aliphatic hydroxyl groups excluding tert-OH is 2. The predicted octanol–water partition coefficient (Wildman–Crippen LogP) is 1.32. The second-order valence-corrected chi connectivity index (χ2v) is 4.53. The molecule has 6 nitrogen and oxygen atoms in total. The summed E-state index contributed by atoms with van der Waals surface area (Å²) in [4.78, 5) is 15.0. The van der Waals surface area contributed by atoms with Gasteiger partial charge in [-0.3, -0.25) is 0 Å². The van der Waals surface area contributed by atoms with E-state index in [9.17, 15) is 4.79 Å². The van der Waals surface area contributed by atoms with Crippen LogP contribution in [0.4, 0.5) is 0 Å². The number of carbonyl (C=O) groups is 1. The molecule has 0 aliphatic rings. The number of aromatic nitrogens is 1. The van der Waals surface area contributed by atoms with E-state index < -0.39 is 25.3 Å². The van der Waals surface area contributed by atoms with Crippen molar-refractivity contribution >= 4 is 40.8 Å². The molecule has 0 spiro atoms. The first-order valence-electron chi connectivity index (χ1n) is 5.03. The van der Waals surface area contributed by atoms with Crippen LogP contribution in [0.25, 0.3) is 0 Å². The Hall–Kier alpha value is -0.790. The third kappa shape index (κ3) is 5.38. The van der Waals surface area contributed by atoms with Crippen LogP contribution in [0.2, 0.25) is 15.2 Å². The van der Waals surface area contributed by atoms with Gasteiger partial charge in [-0.1, -0.05) is 34.8 Å². The Morgan fingerprint density at radius 3 is 2.68 bits per heavy atom. The van der Waals surface area contributed by atoms with Crippen molar-refractivity contribution in [3.8, 4) is 5.88 Å². The molecular formula is C10H10Cl3NO5. The van der Waals surface area contributed by atoms with Crippen molar-refractivity contribution in [2.45, 2.75) is 6.10 Å². The smallest absolute Gasteiger partial charge is 0.344 e. The molecule has 0 aliphatic carbocycles. The topological polar surface area (TPSA) is 88.9 Å². The third-order valence-electron chi connectivity index (χ3n) is 1.83. The largest absolute Gasteiger partial charge is 0.465 e. The normalized spacial score (nSPS) is 12.1. The first-order valence-corrected chi connectivity index (χ1v) is 6.16. The zero-order valence-electron chi connectivity index (χ0n) is 9.48. The summed E-state index contributed by atoms with van der Waals surface area (Å²) in [5.41, 5.74) is 0. The molecule has 1 atom stereocenters. The lowest BCUT2D eigenvalue weighted by molar-refractivity contribution is -0.149. The van der Waals surface area contributed by atoms with E-state index in [1.54, 1.807) is 0 Å². The van der Waals surface area contributed by atoms with E-state index in [0.717, 1.165) is 0 Å². The number of hydrogen-bond acceptors (Lipinski definition) is 6. The van der Waals surface area contributed by atoms with Gasteiger partial charge in [0.2, 0.25) is 5.88 Å². The molecule has 106 valence electrons. The molecule has 1 rings (SSSR count). The van der Waals surface area contributed by atoms with Gasteiger partial charge in [-0.2, -0.15) is 4.98 Å². The highest BCUT2D eigenvalue weighted by Gasteiger charge is 2.12. The number of carbonyl (C=O) groups excluding carboxylic acids is 1. The van der Waals surface area contributed by atoms with Crippen molar-refractivity contribution in [1.82, 2.24) is 4.98 Å². The zero-order valence-corrected chi connectivity index (χ0v) is 11.7. The van der Waals surface area contributed by atoms with Gasteiger partial charge in [0.1, 0.15) is 17.7 Å². The lowest BCUT2D eigenvalue weighted by atomic mass is 10.4. The van der Waals surface area contributed by atoms with E-state index in [1.807, 2.05) is 0 Å². The Balaban J connectivity index is 2.48. The Morgan fingerprint density at radius 2 is 2.05 bits per heavy atom. The monoisotopic (exact) mass is 329 g/mol. The van der Waals surface area contributed by atoms with E-state index in [2.05, 4.69) is 9.72 Å². The Labute approximate surface area is 123 Å². The molecule has 0 saturated heterocycles. The maximum atomic E-state index is 11.2. The van der Waals surface area contributed by atoms with Crippen LogP contribution in [0.1, 0.15) is 0 Å². The van der Waals surface area contributed by atoms with Crippen LogP contribution in [-0.2, 0) is 9.53 Å². The minimum Gasteiger partial charge on any atom is -0.465 e. The summed E-state index contributed by atoms with van der Waals surface area (Å²) in [5.74, 6) is -0.813. The molecule has 0 saturated carbocycles. The molecule has 0 bridgehead atoms. The second kappa shape index (κ2) is 7.72. The molecule has 0 amide bonds. The molecule has 1 unspecified atom stereocenters. The highest BCUT2D eigenvalue weighted by atomic mass is 35.5. The fourth-order valence-corrected chi connectivity index (χ4v) is 1.48. The summed E-state index contributed by atoms with van der Waals surface area (Å²) in [6.07, 6.45) is -1.13. The van der Waals surface area contributed by atoms with Gasteiger partial charge < -0.3 is 19.7 Å². The zero-order chi connectivity index (χ0) is 14.4. The van der Waals surface area contributed by atoms with Crippen molar-refractivity contribution in [2.75, 3.05) is 19.8 Å². The number of halogens is 3. The van der Waals surface area contributed by atoms with Crippen LogP contribution >= 0.6 is 34.8 Å². The van der Waals surface area contributed by atoms with Gasteiger partial charge in [-0.15, -0.1) is 0 Å². The molecule has 1 aromatic heterocycles. The summed E-state index contributed by atoms with van der Waals surface area (Å²) < 4.78 is 9.60. The molecule has 9 heteroatoms. The molecule has 1 aromatic rings. The average molecular weight is 331 g/mol. The van der Waals surface area contributed by atoms with Crippen molar-refractivity contribution in [1.29, 1.82) is 0 Å². The minimum atomic E-state index is -1.13. The number of pyridine rings is 1. The van der Waals surface area contributed by atoms with E-state index in [1.165, 1.54) is 6.07 Å². The van der Waals surface area contributed by atoms with Crippen LogP contribution in [0, 0.1) is 0 Å². The number of aliphatic hydroxyl groups is 2. The van der Waals surface area contributed by atoms with Gasteiger partial charge in [0.25, 0.3) is 0 Å². The molecule has 0 fully saturated rings. The highest BCUT2D eigenvalue weighted by Crippen LogP contribution is 2.30. The van der Waals surface area contributed by atoms with Crippen LogP contribution in [0.15, 0.2) is 6.07 Å². The Bertz CT molecular complexity index is 457. The second-order valence-electron chi connectivity index (χ2n) is 3.36. The first-order chi connectivity index (χ1) is 8.93. The van der Waals surface area contributed by atoms with Crippen molar-refractivity contribution < 1.29 is 24.5 Å². The summed E-state index contributed by atoms with van der Waals surface area (Å²) in [6.45, 7) is -1.31. The van der Waals surface area contributed by atoms with Gasteiger partial charge in [0, 0.05) is 0 Å². The Morgan fingerprint density at radius 1 is 1.37 bits per heavy atom. The van der Waals surface area contributed by atoms with Gasteiger partial charge in [-0.05, 0) is 6.07 Å². The number of hydrogen-bond donors (Lipinski definition) is 2. The lowest BCUT2D eigenvalue weighted by Crippen LogP contribution is -2.24. The fourth-order valence-electron chi connectivity index (χ4n) is 0.941. The van der Waals surface area contributed by atoms with Gasteiger partial charge in [0.05, 0.1) is 11.6 Å². The predicted molar refractivity (Wildman–Crippen MR) is 68.8 cm³/mol. The molecule has 0 radical (unpaired) electrons. The quantitative estimate of drug-likeness (QED) is 0.604. The van der Waals surface area contributed by atoms with Crippen molar-refractivity contribution in [3.05, 3.63) is 21.3 Å². The summed E-state index contributed by atoms with van der Waals surface area (Å²) in [6, 6.07) is 1.33. The van der Waals surface area contributed by atoms with Gasteiger partial charge in [0.15, 0.2) is 11.8 Å². The molecule has 19 heavy (non-hydrogen) atoms. The summed E-state index contributed by atoms with van der Waals surface area (Å²) in [5, 5.41) is 17.7. The SMILES string of the molecule is O=C(COc1nc(Cl)c(Cl)cc1Cl)OCC(O)CO. The van der Waals surface area contributed by atoms with E-state index in [4.69, 9.17) is 49.8 Å². The maximum absolute atomic E-state index is 11.2. The molecule has 2 N–H and O–H groups in total. The van der Waals surface area contributed by atoms with Gasteiger partial charge >= 0.3 is 5.97 Å². The molecule has 0 aliphatic heterocycles. The highest BCUT2D eigenvalue weighted by molar-refractivity contribution is 6.42. The van der Waals surface area contributed by atoms with Crippen LogP contribution in [0.3, 0.4) is 0 Å². The Kier molecular flexibility index (Phi) is 6.60. The van der Waals surface area contributed by atoms with E-state index >= 15 is 0 Å². The number of nitrogens with zero attached hydrogens (tertiary/aromatic N) is 1. The van der Waals surface area contributed by atoms with Crippen molar-refractivity contribution in [3.63, 3.8) is 0 Å². The maximum Gasteiger partial charge on any atom is 0.344 e. The molecular weight excluding hydrogens is 320 g/mol. The fraction of sp³-hybridized carbons (Fsp3) is 0.400. The summed E-state index contributed by atoms with van der Waals surface area (Å²) >= 11 is 17.1. The molecule has 1 heterocycles. The van der Waals surface area contributed by atoms with Gasteiger partial charge in [-0.25, -0.2) is 4.79 Å². The molecule has 0 aromatic carbocycles. The minimum absolute atomic E-state index is 0.00913. The number of ether oxygens (including phenoxy) is 2. The van der Waals surface area contributed by atoms with Crippen LogP contribution in [-0.4, -0.2) is 47.1 Å². The van der Waals surface area contributed by atoms with Crippen molar-refractivity contribution in [2.24, 2.45) is 0 Å². The lowest BCUT2D eigenvalue weighted by Gasteiger charge is -2.10. The first kappa shape index (κ1) is 16.3. The van der Waals surface area contributed by atoms with Crippen LogP contribution in [0.5, 0.6) is 5.88 Å². The average Bonchev–Trinajstić information content (AvgIpc) is 2.38. The van der Waals surface area contributed by atoms with E-state index in [0.29, 0.717) is 0 Å². The van der Waals surface area contributed by atoms with E-state index in [-0.39, 0.29) is 27.7 Å². The van der Waals surface area contributed by atoms with Crippen LogP contribution < -0.4 is 4.74 Å². The summed E-state index contributed by atoms with van der Waals surface area (Å²) in [7, 11) is 0. The standard InChI is InChI=1S/C10H10Cl3NO5/c11-6-1-7(12)10(14-9(6)13)19-4-8(17)18-3-5(16)2-15/h1,5,15-16H,2-4H2.